The highest BCUT2D eigenvalue weighted by molar-refractivity contribution is 6.54. The van der Waals surface area contributed by atoms with E-state index in [1.807, 2.05) is 0 Å². The van der Waals surface area contributed by atoms with E-state index in [-0.39, 0.29) is 0 Å². The van der Waals surface area contributed by atoms with E-state index in [9.17, 15) is 0 Å². The Morgan fingerprint density at radius 3 is 2.60 bits per heavy atom. The molecular weight excluding hydrogens is 258 g/mol. The number of hydrogen-bond acceptors (Lipinski definition) is 0. The summed E-state index contributed by atoms with van der Waals surface area (Å²) in [5.74, 6) is 0. The van der Waals surface area contributed by atoms with Gasteiger partial charge in [-0.05, 0) is 17.2 Å². The zero-order valence-corrected chi connectivity index (χ0v) is 13.2. The molecule has 2 aromatic carbocycles. The molecule has 1 nitrogen and oxygen atoms in total. The van der Waals surface area contributed by atoms with Gasteiger partial charge in [0.25, 0.3) is 0 Å². The molecule has 20 heavy (non-hydrogen) atoms. The minimum absolute atomic E-state index is 0.657. The molecule has 1 aliphatic carbocycles. The molecular formula is C18H19NSi. The van der Waals surface area contributed by atoms with Gasteiger partial charge in [-0.1, -0.05) is 55.6 Å². The fourth-order valence-electron chi connectivity index (χ4n) is 3.51. The van der Waals surface area contributed by atoms with Gasteiger partial charge in [0.05, 0.1) is 14.5 Å². The quantitative estimate of drug-likeness (QED) is 0.483. The molecule has 0 saturated carbocycles. The largest absolute Gasteiger partial charge is 0.344 e. The number of para-hydroxylation sites is 1. The maximum absolute atomic E-state index is 2.59. The fraction of sp³-hybridized carbons (Fsp3) is 0.222. The van der Waals surface area contributed by atoms with Crippen LogP contribution in [0.2, 0.25) is 13.1 Å². The number of fused-ring (bicyclic) bond motifs is 5. The molecule has 0 atom stereocenters. The summed E-state index contributed by atoms with van der Waals surface area (Å²) in [5, 5.41) is 1.45. The Kier molecular flexibility index (Phi) is 2.61. The zero-order chi connectivity index (χ0) is 13.7. The standard InChI is InChI=1S/C18H19NSi/c1-20(2)12-19-17-10-6-5-9-15(17)16-11-13-7-3-4-8-14(13)18(16)19/h3-10,20H,11-12H2,1-2H3. The maximum atomic E-state index is 2.59. The van der Waals surface area contributed by atoms with Crippen LogP contribution in [0.25, 0.3) is 22.2 Å². The van der Waals surface area contributed by atoms with Crippen LogP contribution in [-0.4, -0.2) is 13.4 Å². The lowest BCUT2D eigenvalue weighted by atomic mass is 10.1. The number of rotatable bonds is 2. The molecule has 0 amide bonds. The number of benzene rings is 2. The molecule has 1 aliphatic rings. The zero-order valence-electron chi connectivity index (χ0n) is 12.1. The van der Waals surface area contributed by atoms with Gasteiger partial charge in [0.1, 0.15) is 0 Å². The first-order valence-corrected chi connectivity index (χ1v) is 10.6. The van der Waals surface area contributed by atoms with Crippen molar-refractivity contribution in [2.24, 2.45) is 0 Å². The van der Waals surface area contributed by atoms with Crippen LogP contribution < -0.4 is 0 Å². The van der Waals surface area contributed by atoms with Crippen LogP contribution in [0.4, 0.5) is 0 Å². The Labute approximate surface area is 121 Å². The van der Waals surface area contributed by atoms with Crippen molar-refractivity contribution in [3.63, 3.8) is 0 Å². The van der Waals surface area contributed by atoms with E-state index in [4.69, 9.17) is 0 Å². The van der Waals surface area contributed by atoms with Crippen LogP contribution in [-0.2, 0) is 12.6 Å². The molecule has 1 aromatic heterocycles. The average molecular weight is 277 g/mol. The van der Waals surface area contributed by atoms with Crippen LogP contribution in [0.1, 0.15) is 11.1 Å². The molecule has 3 aromatic rings. The summed E-state index contributed by atoms with van der Waals surface area (Å²) in [6.45, 7) is 4.87. The molecule has 100 valence electrons. The topological polar surface area (TPSA) is 4.93 Å². The van der Waals surface area contributed by atoms with Gasteiger partial charge in [-0.15, -0.1) is 0 Å². The Balaban J connectivity index is 2.06. The lowest BCUT2D eigenvalue weighted by molar-refractivity contribution is 0.920. The summed E-state index contributed by atoms with van der Waals surface area (Å²) in [5.41, 5.74) is 7.39. The smallest absolute Gasteiger partial charge is 0.0541 e. The van der Waals surface area contributed by atoms with Crippen molar-refractivity contribution in [1.29, 1.82) is 0 Å². The van der Waals surface area contributed by atoms with E-state index in [0.717, 1.165) is 6.42 Å². The average Bonchev–Trinajstić information content (AvgIpc) is 2.96. The van der Waals surface area contributed by atoms with Gasteiger partial charge in [0, 0.05) is 29.1 Å². The van der Waals surface area contributed by atoms with E-state index < -0.39 is 8.80 Å². The van der Waals surface area contributed by atoms with E-state index >= 15 is 0 Å². The predicted molar refractivity (Wildman–Crippen MR) is 89.1 cm³/mol. The van der Waals surface area contributed by atoms with Crippen molar-refractivity contribution in [1.82, 2.24) is 4.57 Å². The number of nitrogens with zero attached hydrogens (tertiary/aromatic N) is 1. The van der Waals surface area contributed by atoms with E-state index in [0.29, 0.717) is 0 Å². The summed E-state index contributed by atoms with van der Waals surface area (Å²) in [4.78, 5) is 0. The van der Waals surface area contributed by atoms with E-state index in [1.165, 1.54) is 39.5 Å². The third kappa shape index (κ3) is 1.61. The number of aromatic nitrogens is 1. The molecule has 0 spiro atoms. The summed E-state index contributed by atoms with van der Waals surface area (Å²) < 4.78 is 2.59. The first-order chi connectivity index (χ1) is 9.75. The molecule has 0 unspecified atom stereocenters. The van der Waals surface area contributed by atoms with Crippen molar-refractivity contribution < 1.29 is 0 Å². The number of hydrogen-bond donors (Lipinski definition) is 0. The second-order valence-corrected chi connectivity index (χ2v) is 9.34. The second-order valence-electron chi connectivity index (χ2n) is 6.18. The lowest BCUT2D eigenvalue weighted by Crippen LogP contribution is -2.13. The van der Waals surface area contributed by atoms with Crippen LogP contribution >= 0.6 is 0 Å². The summed E-state index contributed by atoms with van der Waals surface area (Å²) in [6.07, 6.45) is 2.32. The maximum Gasteiger partial charge on any atom is 0.0541 e. The van der Waals surface area contributed by atoms with Gasteiger partial charge in [0.15, 0.2) is 0 Å². The highest BCUT2D eigenvalue weighted by atomic mass is 28.3. The molecule has 2 heteroatoms. The minimum Gasteiger partial charge on any atom is -0.344 e. The third-order valence-corrected chi connectivity index (χ3v) is 5.36. The third-order valence-electron chi connectivity index (χ3n) is 4.26. The normalized spacial score (nSPS) is 12.9. The first-order valence-electron chi connectivity index (χ1n) is 7.44. The van der Waals surface area contributed by atoms with Gasteiger partial charge in [-0.3, -0.25) is 0 Å². The van der Waals surface area contributed by atoms with Crippen LogP contribution in [0.3, 0.4) is 0 Å². The van der Waals surface area contributed by atoms with Gasteiger partial charge in [-0.2, -0.15) is 0 Å². The Morgan fingerprint density at radius 1 is 1.00 bits per heavy atom. The summed E-state index contributed by atoms with van der Waals surface area (Å²) in [6, 6.07) is 17.8. The Hall–Kier alpha value is -1.80. The van der Waals surface area contributed by atoms with Crippen molar-refractivity contribution in [3.8, 4) is 11.3 Å². The minimum atomic E-state index is -0.657. The van der Waals surface area contributed by atoms with Crippen molar-refractivity contribution in [2.45, 2.75) is 25.7 Å². The SMILES string of the molecule is C[SiH](C)Cn1c2c(c3ccccc31)Cc1ccccc1-2. The highest BCUT2D eigenvalue weighted by Gasteiger charge is 2.26. The molecule has 0 radical (unpaired) electrons. The molecule has 0 saturated heterocycles. The van der Waals surface area contributed by atoms with Gasteiger partial charge >= 0.3 is 0 Å². The van der Waals surface area contributed by atoms with Crippen LogP contribution in [0.5, 0.6) is 0 Å². The van der Waals surface area contributed by atoms with Crippen molar-refractivity contribution >= 4 is 19.7 Å². The molecule has 4 rings (SSSR count). The van der Waals surface area contributed by atoms with Crippen LogP contribution in [0.15, 0.2) is 48.5 Å². The van der Waals surface area contributed by atoms with Gasteiger partial charge in [-0.25, -0.2) is 0 Å². The lowest BCUT2D eigenvalue weighted by Gasteiger charge is -2.12. The van der Waals surface area contributed by atoms with Crippen LogP contribution in [0, 0.1) is 0 Å². The van der Waals surface area contributed by atoms with E-state index in [1.54, 1.807) is 0 Å². The molecule has 0 bridgehead atoms. The molecule has 0 fully saturated rings. The highest BCUT2D eigenvalue weighted by Crippen LogP contribution is 2.42. The molecule has 0 aliphatic heterocycles. The monoisotopic (exact) mass is 277 g/mol. The molecule has 0 N–H and O–H groups in total. The Morgan fingerprint density at radius 2 is 1.75 bits per heavy atom. The second kappa shape index (κ2) is 4.35. The first kappa shape index (κ1) is 12.0. The fourth-order valence-corrected chi connectivity index (χ4v) is 4.62. The van der Waals surface area contributed by atoms with E-state index in [2.05, 4.69) is 66.2 Å². The van der Waals surface area contributed by atoms with Crippen molar-refractivity contribution in [2.75, 3.05) is 0 Å². The predicted octanol–water partition coefficient (Wildman–Crippen LogP) is 4.24. The Bertz CT molecular complexity index is 798. The van der Waals surface area contributed by atoms with Gasteiger partial charge in [0.2, 0.25) is 0 Å². The van der Waals surface area contributed by atoms with Gasteiger partial charge < -0.3 is 4.57 Å². The summed E-state index contributed by atoms with van der Waals surface area (Å²) in [7, 11) is -0.657. The summed E-state index contributed by atoms with van der Waals surface area (Å²) >= 11 is 0. The van der Waals surface area contributed by atoms with Crippen molar-refractivity contribution in [3.05, 3.63) is 59.7 Å². The molecule has 1 heterocycles.